The zero-order valence-electron chi connectivity index (χ0n) is 7.68. The molecule has 0 fully saturated rings. The first-order valence-corrected chi connectivity index (χ1v) is 3.87. The zero-order valence-corrected chi connectivity index (χ0v) is 7.68. The summed E-state index contributed by atoms with van der Waals surface area (Å²) in [5.74, 6) is 0.129. The van der Waals surface area contributed by atoms with Gasteiger partial charge in [0.2, 0.25) is 5.91 Å². The zero-order chi connectivity index (χ0) is 8.85. The average molecular weight is 159 g/mol. The molecule has 0 radical (unpaired) electrons. The highest BCUT2D eigenvalue weighted by Crippen LogP contribution is 1.92. The van der Waals surface area contributed by atoms with Crippen LogP contribution >= 0.6 is 0 Å². The van der Waals surface area contributed by atoms with Gasteiger partial charge in [0, 0.05) is 19.1 Å². The number of amides is 1. The topological polar surface area (TPSA) is 38.3 Å². The van der Waals surface area contributed by atoms with E-state index < -0.39 is 0 Å². The van der Waals surface area contributed by atoms with Gasteiger partial charge in [-0.3, -0.25) is 4.79 Å². The molecule has 3 heteroatoms. The van der Waals surface area contributed by atoms with Gasteiger partial charge in [-0.25, -0.2) is 0 Å². The lowest BCUT2D eigenvalue weighted by molar-refractivity contribution is -0.124. The third kappa shape index (κ3) is 4.79. The molecule has 1 amide bonds. The van der Waals surface area contributed by atoms with Crippen LogP contribution in [-0.4, -0.2) is 25.7 Å². The number of rotatable bonds is 4. The van der Waals surface area contributed by atoms with Gasteiger partial charge in [-0.05, 0) is 6.92 Å². The molecule has 3 nitrogen and oxygen atoms in total. The summed E-state index contributed by atoms with van der Waals surface area (Å²) >= 11 is 0. The Labute approximate surface area is 68.1 Å². The second-order valence-corrected chi connectivity index (χ2v) is 3.02. The SMILES string of the molecule is COC[C@H](C)NC(=O)C(C)C. The number of carbonyl (C=O) groups is 1. The molecular formula is C8H17NO2. The van der Waals surface area contributed by atoms with E-state index >= 15 is 0 Å². The Morgan fingerprint density at radius 2 is 2.00 bits per heavy atom. The van der Waals surface area contributed by atoms with E-state index in [1.165, 1.54) is 0 Å². The Kier molecular flexibility index (Phi) is 4.86. The molecule has 0 aromatic heterocycles. The molecule has 0 aliphatic carbocycles. The Morgan fingerprint density at radius 1 is 1.45 bits per heavy atom. The van der Waals surface area contributed by atoms with E-state index in [1.54, 1.807) is 7.11 Å². The molecule has 0 aromatic carbocycles. The summed E-state index contributed by atoms with van der Waals surface area (Å²) in [4.78, 5) is 11.1. The van der Waals surface area contributed by atoms with Crippen LogP contribution in [0.1, 0.15) is 20.8 Å². The molecular weight excluding hydrogens is 142 g/mol. The second kappa shape index (κ2) is 5.13. The predicted octanol–water partition coefficient (Wildman–Crippen LogP) is 0.793. The summed E-state index contributed by atoms with van der Waals surface area (Å²) in [7, 11) is 1.62. The molecule has 0 saturated heterocycles. The lowest BCUT2D eigenvalue weighted by Crippen LogP contribution is -2.38. The second-order valence-electron chi connectivity index (χ2n) is 3.02. The fourth-order valence-electron chi connectivity index (χ4n) is 0.701. The van der Waals surface area contributed by atoms with Gasteiger partial charge in [-0.2, -0.15) is 0 Å². The van der Waals surface area contributed by atoms with E-state index in [1.807, 2.05) is 20.8 Å². The van der Waals surface area contributed by atoms with Crippen molar-refractivity contribution < 1.29 is 9.53 Å². The molecule has 0 unspecified atom stereocenters. The molecule has 0 aromatic rings. The minimum absolute atomic E-state index is 0.0503. The fourth-order valence-corrected chi connectivity index (χ4v) is 0.701. The predicted molar refractivity (Wildman–Crippen MR) is 44.3 cm³/mol. The van der Waals surface area contributed by atoms with Gasteiger partial charge in [-0.1, -0.05) is 13.8 Å². The summed E-state index contributed by atoms with van der Waals surface area (Å²) in [5.41, 5.74) is 0. The molecule has 0 aliphatic heterocycles. The van der Waals surface area contributed by atoms with Crippen molar-refractivity contribution >= 4 is 5.91 Å². The molecule has 0 aliphatic rings. The molecule has 0 bridgehead atoms. The highest BCUT2D eigenvalue weighted by molar-refractivity contribution is 5.78. The molecule has 0 rings (SSSR count). The summed E-state index contributed by atoms with van der Waals surface area (Å²) < 4.78 is 4.87. The summed E-state index contributed by atoms with van der Waals surface area (Å²) in [6.07, 6.45) is 0. The van der Waals surface area contributed by atoms with Crippen molar-refractivity contribution in [3.05, 3.63) is 0 Å². The van der Waals surface area contributed by atoms with Gasteiger partial charge < -0.3 is 10.1 Å². The molecule has 1 N–H and O–H groups in total. The highest BCUT2D eigenvalue weighted by atomic mass is 16.5. The average Bonchev–Trinajstić information content (AvgIpc) is 1.87. The quantitative estimate of drug-likeness (QED) is 0.658. The van der Waals surface area contributed by atoms with E-state index in [4.69, 9.17) is 4.74 Å². The van der Waals surface area contributed by atoms with Crippen LogP contribution in [0.15, 0.2) is 0 Å². The van der Waals surface area contributed by atoms with Crippen molar-refractivity contribution in [1.82, 2.24) is 5.32 Å². The largest absolute Gasteiger partial charge is 0.383 e. The molecule has 66 valence electrons. The first-order valence-electron chi connectivity index (χ1n) is 3.87. The maximum atomic E-state index is 11.1. The molecule has 0 spiro atoms. The van der Waals surface area contributed by atoms with E-state index in [0.29, 0.717) is 6.61 Å². The Balaban J connectivity index is 3.57. The Morgan fingerprint density at radius 3 is 2.36 bits per heavy atom. The van der Waals surface area contributed by atoms with E-state index in [2.05, 4.69) is 5.32 Å². The van der Waals surface area contributed by atoms with E-state index in [9.17, 15) is 4.79 Å². The smallest absolute Gasteiger partial charge is 0.222 e. The molecule has 11 heavy (non-hydrogen) atoms. The summed E-state index contributed by atoms with van der Waals surface area (Å²) in [6, 6.07) is 0.106. The fraction of sp³-hybridized carbons (Fsp3) is 0.875. The Hall–Kier alpha value is -0.570. The van der Waals surface area contributed by atoms with Gasteiger partial charge in [0.25, 0.3) is 0 Å². The highest BCUT2D eigenvalue weighted by Gasteiger charge is 2.09. The van der Waals surface area contributed by atoms with Gasteiger partial charge >= 0.3 is 0 Å². The number of hydrogen-bond donors (Lipinski definition) is 1. The van der Waals surface area contributed by atoms with Crippen molar-refractivity contribution in [2.45, 2.75) is 26.8 Å². The first kappa shape index (κ1) is 10.4. The van der Waals surface area contributed by atoms with Crippen LogP contribution in [0.25, 0.3) is 0 Å². The normalized spacial score (nSPS) is 13.2. The number of carbonyl (C=O) groups excluding carboxylic acids is 1. The maximum Gasteiger partial charge on any atom is 0.222 e. The lowest BCUT2D eigenvalue weighted by Gasteiger charge is -2.13. The van der Waals surface area contributed by atoms with Crippen LogP contribution in [0.2, 0.25) is 0 Å². The lowest BCUT2D eigenvalue weighted by atomic mass is 10.2. The molecule has 0 heterocycles. The monoisotopic (exact) mass is 159 g/mol. The Bertz CT molecular complexity index is 123. The summed E-state index contributed by atoms with van der Waals surface area (Å²) in [6.45, 7) is 6.23. The van der Waals surface area contributed by atoms with Crippen LogP contribution in [0.4, 0.5) is 0 Å². The van der Waals surface area contributed by atoms with Crippen LogP contribution in [-0.2, 0) is 9.53 Å². The van der Waals surface area contributed by atoms with Crippen molar-refractivity contribution in [1.29, 1.82) is 0 Å². The van der Waals surface area contributed by atoms with Gasteiger partial charge in [-0.15, -0.1) is 0 Å². The molecule has 0 saturated carbocycles. The van der Waals surface area contributed by atoms with Crippen molar-refractivity contribution in [3.63, 3.8) is 0 Å². The number of hydrogen-bond acceptors (Lipinski definition) is 2. The van der Waals surface area contributed by atoms with Crippen LogP contribution in [0.3, 0.4) is 0 Å². The number of nitrogens with one attached hydrogen (secondary N) is 1. The maximum absolute atomic E-state index is 11.1. The third-order valence-electron chi connectivity index (χ3n) is 1.33. The van der Waals surface area contributed by atoms with Crippen molar-refractivity contribution in [2.24, 2.45) is 5.92 Å². The number of methoxy groups -OCH3 is 1. The molecule has 1 atom stereocenters. The van der Waals surface area contributed by atoms with Crippen LogP contribution in [0, 0.1) is 5.92 Å². The van der Waals surface area contributed by atoms with E-state index in [-0.39, 0.29) is 17.9 Å². The summed E-state index contributed by atoms with van der Waals surface area (Å²) in [5, 5.41) is 2.82. The van der Waals surface area contributed by atoms with Gasteiger partial charge in [0.15, 0.2) is 0 Å². The van der Waals surface area contributed by atoms with Gasteiger partial charge in [0.05, 0.1) is 6.61 Å². The van der Waals surface area contributed by atoms with E-state index in [0.717, 1.165) is 0 Å². The standard InChI is InChI=1S/C8H17NO2/c1-6(2)8(10)9-7(3)5-11-4/h6-7H,5H2,1-4H3,(H,9,10)/t7-/m0/s1. The minimum atomic E-state index is 0.0503. The number of ether oxygens (including phenoxy) is 1. The van der Waals surface area contributed by atoms with Crippen LogP contribution in [0.5, 0.6) is 0 Å². The van der Waals surface area contributed by atoms with Crippen molar-refractivity contribution in [3.8, 4) is 0 Å². The van der Waals surface area contributed by atoms with Crippen LogP contribution < -0.4 is 5.32 Å². The van der Waals surface area contributed by atoms with Gasteiger partial charge in [0.1, 0.15) is 0 Å². The minimum Gasteiger partial charge on any atom is -0.383 e. The van der Waals surface area contributed by atoms with Crippen molar-refractivity contribution in [2.75, 3.05) is 13.7 Å². The third-order valence-corrected chi connectivity index (χ3v) is 1.33. The first-order chi connectivity index (χ1) is 5.07.